The number of rotatable bonds is 6. The lowest BCUT2D eigenvalue weighted by atomic mass is 10.2. The van der Waals surface area contributed by atoms with Gasteiger partial charge in [0.1, 0.15) is 12.4 Å². The van der Waals surface area contributed by atoms with Crippen LogP contribution in [0.1, 0.15) is 19.8 Å². The molecule has 0 heterocycles. The summed E-state index contributed by atoms with van der Waals surface area (Å²) < 4.78 is 6.72. The summed E-state index contributed by atoms with van der Waals surface area (Å²) in [5, 5.41) is 6.70. The van der Waals surface area contributed by atoms with Crippen LogP contribution in [0.5, 0.6) is 5.75 Å². The third kappa shape index (κ3) is 5.79. The van der Waals surface area contributed by atoms with E-state index in [0.717, 1.165) is 35.6 Å². The Labute approximate surface area is 134 Å². The Kier molecular flexibility index (Phi) is 6.60. The van der Waals surface area contributed by atoms with Crippen LogP contribution in [0.2, 0.25) is 0 Å². The summed E-state index contributed by atoms with van der Waals surface area (Å²) in [5.41, 5.74) is 0. The van der Waals surface area contributed by atoms with Crippen LogP contribution in [-0.4, -0.2) is 31.7 Å². The van der Waals surface area contributed by atoms with E-state index in [1.807, 2.05) is 24.3 Å². The number of halogens is 1. The van der Waals surface area contributed by atoms with Gasteiger partial charge in [-0.1, -0.05) is 28.1 Å². The SMILES string of the molecule is CCNC(=NCCOc1ccc(Br)cc1)NC1CC=CC1. The van der Waals surface area contributed by atoms with Crippen LogP contribution in [-0.2, 0) is 0 Å². The maximum Gasteiger partial charge on any atom is 0.191 e. The molecule has 0 saturated heterocycles. The van der Waals surface area contributed by atoms with Crippen molar-refractivity contribution in [1.29, 1.82) is 0 Å². The average molecular weight is 352 g/mol. The van der Waals surface area contributed by atoms with E-state index in [2.05, 4.69) is 50.6 Å². The first-order chi connectivity index (χ1) is 10.3. The monoisotopic (exact) mass is 351 g/mol. The van der Waals surface area contributed by atoms with Crippen LogP contribution in [0.3, 0.4) is 0 Å². The third-order valence-corrected chi connectivity index (χ3v) is 3.67. The lowest BCUT2D eigenvalue weighted by Gasteiger charge is -2.16. The first-order valence-corrected chi connectivity index (χ1v) is 8.15. The quantitative estimate of drug-likeness (QED) is 0.358. The van der Waals surface area contributed by atoms with Gasteiger partial charge in [0.25, 0.3) is 0 Å². The summed E-state index contributed by atoms with van der Waals surface area (Å²) in [6.07, 6.45) is 6.55. The number of ether oxygens (including phenoxy) is 1. The molecule has 2 rings (SSSR count). The Morgan fingerprint density at radius 2 is 2.00 bits per heavy atom. The first kappa shape index (κ1) is 15.9. The van der Waals surface area contributed by atoms with Crippen molar-refractivity contribution in [1.82, 2.24) is 10.6 Å². The van der Waals surface area contributed by atoms with Crippen molar-refractivity contribution >= 4 is 21.9 Å². The van der Waals surface area contributed by atoms with Crippen LogP contribution in [0.15, 0.2) is 45.9 Å². The normalized spacial score (nSPS) is 15.2. The second-order valence-electron chi connectivity index (χ2n) is 4.85. The Balaban J connectivity index is 1.74. The standard InChI is InChI=1S/C16H22BrN3O/c1-2-18-16(20-14-5-3-4-6-14)19-11-12-21-15-9-7-13(17)8-10-15/h3-4,7-10,14H,2,5-6,11-12H2,1H3,(H2,18,19,20). The number of nitrogens with zero attached hydrogens (tertiary/aromatic N) is 1. The number of nitrogens with one attached hydrogen (secondary N) is 2. The van der Waals surface area contributed by atoms with Gasteiger partial charge in [-0.2, -0.15) is 0 Å². The van der Waals surface area contributed by atoms with Gasteiger partial charge < -0.3 is 15.4 Å². The van der Waals surface area contributed by atoms with E-state index in [0.29, 0.717) is 19.2 Å². The summed E-state index contributed by atoms with van der Waals surface area (Å²) in [5.74, 6) is 1.73. The molecule has 4 nitrogen and oxygen atoms in total. The number of hydrogen-bond donors (Lipinski definition) is 2. The van der Waals surface area contributed by atoms with Crippen molar-refractivity contribution < 1.29 is 4.74 Å². The van der Waals surface area contributed by atoms with Crippen molar-refractivity contribution in [2.45, 2.75) is 25.8 Å². The van der Waals surface area contributed by atoms with Crippen molar-refractivity contribution in [3.63, 3.8) is 0 Å². The second kappa shape index (κ2) is 8.72. The summed E-state index contributed by atoms with van der Waals surface area (Å²) in [4.78, 5) is 4.54. The molecule has 1 aromatic rings. The predicted molar refractivity (Wildman–Crippen MR) is 90.9 cm³/mol. The molecule has 0 atom stereocenters. The molecule has 0 aromatic heterocycles. The molecule has 0 radical (unpaired) electrons. The molecule has 114 valence electrons. The van der Waals surface area contributed by atoms with Crippen molar-refractivity contribution in [3.8, 4) is 5.75 Å². The topological polar surface area (TPSA) is 45.7 Å². The molecule has 0 saturated carbocycles. The molecule has 21 heavy (non-hydrogen) atoms. The summed E-state index contributed by atoms with van der Waals surface area (Å²) >= 11 is 3.41. The highest BCUT2D eigenvalue weighted by molar-refractivity contribution is 9.10. The van der Waals surface area contributed by atoms with E-state index in [4.69, 9.17) is 4.74 Å². The molecule has 0 unspecified atom stereocenters. The largest absolute Gasteiger partial charge is 0.492 e. The van der Waals surface area contributed by atoms with Crippen molar-refractivity contribution in [2.24, 2.45) is 4.99 Å². The van der Waals surface area contributed by atoms with Crippen LogP contribution < -0.4 is 15.4 Å². The molecule has 1 aliphatic rings. The highest BCUT2D eigenvalue weighted by Gasteiger charge is 2.11. The molecule has 0 fully saturated rings. The fourth-order valence-corrected chi connectivity index (χ4v) is 2.36. The van der Waals surface area contributed by atoms with Crippen LogP contribution in [0, 0.1) is 0 Å². The van der Waals surface area contributed by atoms with Gasteiger partial charge in [-0.25, -0.2) is 4.99 Å². The maximum absolute atomic E-state index is 5.66. The van der Waals surface area contributed by atoms with E-state index < -0.39 is 0 Å². The van der Waals surface area contributed by atoms with E-state index >= 15 is 0 Å². The van der Waals surface area contributed by atoms with Crippen LogP contribution in [0.4, 0.5) is 0 Å². The lowest BCUT2D eigenvalue weighted by Crippen LogP contribution is -2.42. The zero-order valence-electron chi connectivity index (χ0n) is 12.3. The molecular formula is C16H22BrN3O. The summed E-state index contributed by atoms with van der Waals surface area (Å²) in [6, 6.07) is 8.30. The van der Waals surface area contributed by atoms with Gasteiger partial charge in [0, 0.05) is 17.1 Å². The minimum absolute atomic E-state index is 0.468. The molecule has 1 aromatic carbocycles. The predicted octanol–water partition coefficient (Wildman–Crippen LogP) is 3.10. The molecule has 1 aliphatic carbocycles. The molecule has 0 spiro atoms. The van der Waals surface area contributed by atoms with Gasteiger partial charge in [-0.05, 0) is 44.0 Å². The van der Waals surface area contributed by atoms with E-state index in [-0.39, 0.29) is 0 Å². The number of aliphatic imine (C=N–C) groups is 1. The molecule has 2 N–H and O–H groups in total. The highest BCUT2D eigenvalue weighted by Crippen LogP contribution is 2.15. The van der Waals surface area contributed by atoms with Gasteiger partial charge in [0.15, 0.2) is 5.96 Å². The van der Waals surface area contributed by atoms with Gasteiger partial charge in [0.2, 0.25) is 0 Å². The number of guanidine groups is 1. The fraction of sp³-hybridized carbons (Fsp3) is 0.438. The molecular weight excluding hydrogens is 330 g/mol. The van der Waals surface area contributed by atoms with Gasteiger partial charge in [-0.3, -0.25) is 0 Å². The molecule has 0 aliphatic heterocycles. The average Bonchev–Trinajstić information content (AvgIpc) is 2.98. The van der Waals surface area contributed by atoms with E-state index in [1.165, 1.54) is 0 Å². The molecule has 0 amide bonds. The summed E-state index contributed by atoms with van der Waals surface area (Å²) in [7, 11) is 0. The Bertz CT molecular complexity index is 477. The smallest absolute Gasteiger partial charge is 0.191 e. The minimum Gasteiger partial charge on any atom is -0.492 e. The highest BCUT2D eigenvalue weighted by atomic mass is 79.9. The van der Waals surface area contributed by atoms with Gasteiger partial charge in [-0.15, -0.1) is 0 Å². The Hall–Kier alpha value is -1.49. The van der Waals surface area contributed by atoms with E-state index in [9.17, 15) is 0 Å². The zero-order valence-corrected chi connectivity index (χ0v) is 13.9. The summed E-state index contributed by atoms with van der Waals surface area (Å²) in [6.45, 7) is 4.13. The van der Waals surface area contributed by atoms with Crippen LogP contribution >= 0.6 is 15.9 Å². The fourth-order valence-electron chi connectivity index (χ4n) is 2.10. The van der Waals surface area contributed by atoms with Crippen molar-refractivity contribution in [2.75, 3.05) is 19.7 Å². The molecule has 0 bridgehead atoms. The Morgan fingerprint density at radius 3 is 2.67 bits per heavy atom. The lowest BCUT2D eigenvalue weighted by molar-refractivity contribution is 0.328. The maximum atomic E-state index is 5.66. The van der Waals surface area contributed by atoms with Crippen LogP contribution in [0.25, 0.3) is 0 Å². The zero-order chi connectivity index (χ0) is 14.9. The number of hydrogen-bond acceptors (Lipinski definition) is 2. The van der Waals surface area contributed by atoms with Gasteiger partial charge in [0.05, 0.1) is 6.54 Å². The minimum atomic E-state index is 0.468. The van der Waals surface area contributed by atoms with Gasteiger partial charge >= 0.3 is 0 Å². The third-order valence-electron chi connectivity index (χ3n) is 3.14. The second-order valence-corrected chi connectivity index (χ2v) is 5.76. The number of benzene rings is 1. The van der Waals surface area contributed by atoms with Crippen molar-refractivity contribution in [3.05, 3.63) is 40.9 Å². The van der Waals surface area contributed by atoms with E-state index in [1.54, 1.807) is 0 Å². The molecule has 5 heteroatoms. The Morgan fingerprint density at radius 1 is 1.29 bits per heavy atom. The first-order valence-electron chi connectivity index (χ1n) is 7.36.